The fourth-order valence-corrected chi connectivity index (χ4v) is 1.88. The van der Waals surface area contributed by atoms with Crippen molar-refractivity contribution in [2.45, 2.75) is 33.0 Å². The Hall–Kier alpha value is -2.31. The molecule has 0 bridgehead atoms. The Labute approximate surface area is 109 Å². The van der Waals surface area contributed by atoms with Gasteiger partial charge in [0, 0.05) is 25.0 Å². The SMILES string of the molecule is CCCn1ccc(=O)n(CCn2cc(N)cn2)c1=O. The number of rotatable bonds is 5. The van der Waals surface area contributed by atoms with Crippen molar-refractivity contribution >= 4 is 5.69 Å². The number of aromatic nitrogens is 4. The highest BCUT2D eigenvalue weighted by Crippen LogP contribution is 1.97. The molecule has 0 saturated carbocycles. The second-order valence-electron chi connectivity index (χ2n) is 4.32. The van der Waals surface area contributed by atoms with E-state index < -0.39 is 0 Å². The lowest BCUT2D eigenvalue weighted by molar-refractivity contribution is 0.482. The van der Waals surface area contributed by atoms with Gasteiger partial charge < -0.3 is 10.3 Å². The largest absolute Gasteiger partial charge is 0.396 e. The van der Waals surface area contributed by atoms with E-state index in [0.717, 1.165) is 6.42 Å². The highest BCUT2D eigenvalue weighted by Gasteiger charge is 2.05. The number of hydrogen-bond donors (Lipinski definition) is 1. The van der Waals surface area contributed by atoms with Crippen molar-refractivity contribution < 1.29 is 0 Å². The smallest absolute Gasteiger partial charge is 0.331 e. The Bertz CT molecular complexity index is 667. The molecule has 102 valence electrons. The van der Waals surface area contributed by atoms with E-state index in [2.05, 4.69) is 5.10 Å². The molecule has 7 nitrogen and oxygen atoms in total. The minimum absolute atomic E-state index is 0.281. The molecule has 0 saturated heterocycles. The molecule has 0 aliphatic rings. The minimum atomic E-state index is -0.294. The van der Waals surface area contributed by atoms with Crippen molar-refractivity contribution in [1.29, 1.82) is 0 Å². The number of hydrogen-bond acceptors (Lipinski definition) is 4. The summed E-state index contributed by atoms with van der Waals surface area (Å²) in [6.07, 6.45) is 5.58. The van der Waals surface area contributed by atoms with Gasteiger partial charge in [0.05, 0.1) is 25.0 Å². The van der Waals surface area contributed by atoms with Gasteiger partial charge >= 0.3 is 5.69 Å². The van der Waals surface area contributed by atoms with Crippen LogP contribution in [0.2, 0.25) is 0 Å². The van der Waals surface area contributed by atoms with Crippen LogP contribution in [-0.2, 0) is 19.6 Å². The summed E-state index contributed by atoms with van der Waals surface area (Å²) in [5.74, 6) is 0. The lowest BCUT2D eigenvalue weighted by atomic mass is 10.4. The van der Waals surface area contributed by atoms with Crippen LogP contribution in [0.1, 0.15) is 13.3 Å². The molecule has 2 heterocycles. The number of nitrogen functional groups attached to an aromatic ring is 1. The molecule has 7 heteroatoms. The Balaban J connectivity index is 2.22. The average Bonchev–Trinajstić information content (AvgIpc) is 2.79. The molecule has 0 aliphatic heterocycles. The van der Waals surface area contributed by atoms with Gasteiger partial charge in [0.1, 0.15) is 0 Å². The summed E-state index contributed by atoms with van der Waals surface area (Å²) in [4.78, 5) is 23.8. The van der Waals surface area contributed by atoms with Crippen molar-refractivity contribution in [3.05, 3.63) is 45.5 Å². The van der Waals surface area contributed by atoms with Crippen LogP contribution in [0.3, 0.4) is 0 Å². The Morgan fingerprint density at radius 3 is 2.68 bits per heavy atom. The van der Waals surface area contributed by atoms with Crippen molar-refractivity contribution in [3.63, 3.8) is 0 Å². The maximum absolute atomic E-state index is 12.1. The van der Waals surface area contributed by atoms with Gasteiger partial charge in [-0.1, -0.05) is 6.92 Å². The number of nitrogens with two attached hydrogens (primary N) is 1. The normalized spacial score (nSPS) is 10.8. The summed E-state index contributed by atoms with van der Waals surface area (Å²) in [5, 5.41) is 4.02. The van der Waals surface area contributed by atoms with Gasteiger partial charge in [-0.25, -0.2) is 4.79 Å². The monoisotopic (exact) mass is 263 g/mol. The van der Waals surface area contributed by atoms with Crippen LogP contribution in [0.25, 0.3) is 0 Å². The summed E-state index contributed by atoms with van der Waals surface area (Å²) < 4.78 is 4.37. The highest BCUT2D eigenvalue weighted by atomic mass is 16.2. The van der Waals surface area contributed by atoms with Crippen LogP contribution in [-0.4, -0.2) is 18.9 Å². The first-order valence-electron chi connectivity index (χ1n) is 6.20. The van der Waals surface area contributed by atoms with E-state index in [1.807, 2.05) is 6.92 Å². The topological polar surface area (TPSA) is 87.8 Å². The Kier molecular flexibility index (Phi) is 3.84. The lowest BCUT2D eigenvalue weighted by Gasteiger charge is -2.08. The zero-order valence-electron chi connectivity index (χ0n) is 10.8. The molecular weight excluding hydrogens is 246 g/mol. The second kappa shape index (κ2) is 5.55. The van der Waals surface area contributed by atoms with Gasteiger partial charge in [0.25, 0.3) is 5.56 Å². The number of nitrogens with zero attached hydrogens (tertiary/aromatic N) is 4. The third-order valence-electron chi connectivity index (χ3n) is 2.81. The summed E-state index contributed by atoms with van der Waals surface area (Å²) in [6, 6.07) is 1.41. The fraction of sp³-hybridized carbons (Fsp3) is 0.417. The molecule has 0 radical (unpaired) electrons. The summed E-state index contributed by atoms with van der Waals surface area (Å²) in [5.41, 5.74) is 5.54. The minimum Gasteiger partial charge on any atom is -0.396 e. The van der Waals surface area contributed by atoms with Gasteiger partial charge in [0.15, 0.2) is 0 Å². The molecule has 0 atom stereocenters. The van der Waals surface area contributed by atoms with Gasteiger partial charge in [-0.3, -0.25) is 14.0 Å². The van der Waals surface area contributed by atoms with E-state index in [9.17, 15) is 9.59 Å². The highest BCUT2D eigenvalue weighted by molar-refractivity contribution is 5.30. The molecule has 2 aromatic heterocycles. The molecule has 2 N–H and O–H groups in total. The van der Waals surface area contributed by atoms with Crippen LogP contribution in [0, 0.1) is 0 Å². The maximum Gasteiger partial charge on any atom is 0.331 e. The quantitative estimate of drug-likeness (QED) is 0.816. The van der Waals surface area contributed by atoms with Crippen molar-refractivity contribution in [3.8, 4) is 0 Å². The molecule has 19 heavy (non-hydrogen) atoms. The van der Waals surface area contributed by atoms with Crippen LogP contribution in [0.5, 0.6) is 0 Å². The van der Waals surface area contributed by atoms with Crippen LogP contribution in [0.4, 0.5) is 5.69 Å². The van der Waals surface area contributed by atoms with Crippen molar-refractivity contribution in [2.24, 2.45) is 0 Å². The van der Waals surface area contributed by atoms with Gasteiger partial charge in [-0.15, -0.1) is 0 Å². The van der Waals surface area contributed by atoms with Crippen LogP contribution >= 0.6 is 0 Å². The van der Waals surface area contributed by atoms with E-state index in [-0.39, 0.29) is 17.8 Å². The number of aryl methyl sites for hydroxylation is 2. The average molecular weight is 263 g/mol. The predicted molar refractivity (Wildman–Crippen MR) is 71.9 cm³/mol. The first-order chi connectivity index (χ1) is 9.11. The van der Waals surface area contributed by atoms with Crippen LogP contribution < -0.4 is 17.0 Å². The molecule has 0 aliphatic carbocycles. The summed E-state index contributed by atoms with van der Waals surface area (Å²) >= 11 is 0. The molecule has 0 aromatic carbocycles. The zero-order valence-corrected chi connectivity index (χ0v) is 10.8. The van der Waals surface area contributed by atoms with Gasteiger partial charge in [-0.05, 0) is 6.42 Å². The first kappa shape index (κ1) is 13.1. The van der Waals surface area contributed by atoms with E-state index in [1.165, 1.54) is 23.0 Å². The fourth-order valence-electron chi connectivity index (χ4n) is 1.88. The molecular formula is C12H17N5O2. The third kappa shape index (κ3) is 2.93. The molecule has 0 unspecified atom stereocenters. The van der Waals surface area contributed by atoms with E-state index >= 15 is 0 Å². The molecule has 0 fully saturated rings. The third-order valence-corrected chi connectivity index (χ3v) is 2.81. The standard InChI is InChI=1S/C12H17N5O2/c1-2-4-15-5-3-11(18)17(12(15)19)7-6-16-9-10(13)8-14-16/h3,5,8-9H,2,4,6-7,13H2,1H3. The molecule has 0 amide bonds. The maximum atomic E-state index is 12.1. The van der Waals surface area contributed by atoms with E-state index in [4.69, 9.17) is 5.73 Å². The lowest BCUT2D eigenvalue weighted by Crippen LogP contribution is -2.39. The van der Waals surface area contributed by atoms with Crippen LogP contribution in [0.15, 0.2) is 34.2 Å². The Morgan fingerprint density at radius 2 is 2.05 bits per heavy atom. The first-order valence-corrected chi connectivity index (χ1v) is 6.20. The Morgan fingerprint density at radius 1 is 1.26 bits per heavy atom. The van der Waals surface area contributed by atoms with Crippen molar-refractivity contribution in [1.82, 2.24) is 18.9 Å². The summed E-state index contributed by atoms with van der Waals surface area (Å²) in [7, 11) is 0. The number of anilines is 1. The predicted octanol–water partition coefficient (Wildman–Crippen LogP) is -0.101. The molecule has 0 spiro atoms. The van der Waals surface area contributed by atoms with Crippen molar-refractivity contribution in [2.75, 3.05) is 5.73 Å². The van der Waals surface area contributed by atoms with Gasteiger partial charge in [-0.2, -0.15) is 5.10 Å². The molecule has 2 rings (SSSR count). The van der Waals surface area contributed by atoms with E-state index in [1.54, 1.807) is 15.4 Å². The second-order valence-corrected chi connectivity index (χ2v) is 4.32. The molecule has 2 aromatic rings. The zero-order chi connectivity index (χ0) is 13.8. The van der Waals surface area contributed by atoms with E-state index in [0.29, 0.717) is 18.8 Å². The van der Waals surface area contributed by atoms with Gasteiger partial charge in [0.2, 0.25) is 0 Å². The summed E-state index contributed by atoms with van der Waals surface area (Å²) in [6.45, 7) is 3.30.